The Morgan fingerprint density at radius 3 is 2.85 bits per heavy atom. The van der Waals surface area contributed by atoms with Gasteiger partial charge in [0, 0.05) is 19.3 Å². The first-order valence-corrected chi connectivity index (χ1v) is 4.81. The standard InChI is InChI=1S/C8H10BrN3O/c1-8(13)3-12(4-8)7-6(9)2-10-5-11-7/h2,5,13H,3-4H2,1H3. The summed E-state index contributed by atoms with van der Waals surface area (Å²) in [5.41, 5.74) is -0.565. The largest absolute Gasteiger partial charge is 0.386 e. The lowest BCUT2D eigenvalue weighted by atomic mass is 9.97. The fourth-order valence-electron chi connectivity index (χ4n) is 1.46. The number of halogens is 1. The molecule has 13 heavy (non-hydrogen) atoms. The molecule has 1 aromatic rings. The Balaban J connectivity index is 2.16. The van der Waals surface area contributed by atoms with E-state index in [4.69, 9.17) is 0 Å². The van der Waals surface area contributed by atoms with E-state index in [1.807, 2.05) is 11.8 Å². The van der Waals surface area contributed by atoms with Crippen molar-refractivity contribution in [2.75, 3.05) is 18.0 Å². The van der Waals surface area contributed by atoms with E-state index < -0.39 is 5.60 Å². The third-order valence-corrected chi connectivity index (χ3v) is 2.57. The zero-order chi connectivity index (χ0) is 9.47. The zero-order valence-corrected chi connectivity index (χ0v) is 8.82. The highest BCUT2D eigenvalue weighted by atomic mass is 79.9. The van der Waals surface area contributed by atoms with Crippen molar-refractivity contribution in [3.05, 3.63) is 17.0 Å². The van der Waals surface area contributed by atoms with Gasteiger partial charge in [-0.3, -0.25) is 0 Å². The predicted molar refractivity (Wildman–Crippen MR) is 52.6 cm³/mol. The fraction of sp³-hybridized carbons (Fsp3) is 0.500. The maximum Gasteiger partial charge on any atom is 0.146 e. The molecular weight excluding hydrogens is 234 g/mol. The van der Waals surface area contributed by atoms with E-state index in [9.17, 15) is 5.11 Å². The molecule has 0 unspecified atom stereocenters. The van der Waals surface area contributed by atoms with Crippen LogP contribution in [0.3, 0.4) is 0 Å². The summed E-state index contributed by atoms with van der Waals surface area (Å²) in [5.74, 6) is 0.849. The van der Waals surface area contributed by atoms with Gasteiger partial charge >= 0.3 is 0 Å². The van der Waals surface area contributed by atoms with Gasteiger partial charge < -0.3 is 10.0 Å². The third kappa shape index (κ3) is 1.66. The Hall–Kier alpha value is -0.680. The molecular formula is C8H10BrN3O. The lowest BCUT2D eigenvalue weighted by Crippen LogP contribution is -2.60. The highest BCUT2D eigenvalue weighted by Crippen LogP contribution is 2.30. The fourth-order valence-corrected chi connectivity index (χ4v) is 1.94. The monoisotopic (exact) mass is 243 g/mol. The Bertz CT molecular complexity index is 321. The summed E-state index contributed by atoms with van der Waals surface area (Å²) >= 11 is 3.36. The average Bonchev–Trinajstić information content (AvgIpc) is 2.01. The Labute approximate surface area is 84.7 Å². The van der Waals surface area contributed by atoms with Crippen LogP contribution in [0.15, 0.2) is 17.0 Å². The van der Waals surface area contributed by atoms with E-state index in [2.05, 4.69) is 25.9 Å². The van der Waals surface area contributed by atoms with Gasteiger partial charge in [-0.25, -0.2) is 9.97 Å². The van der Waals surface area contributed by atoms with Crippen molar-refractivity contribution in [2.24, 2.45) is 0 Å². The first-order chi connectivity index (χ1) is 6.08. The summed E-state index contributed by atoms with van der Waals surface area (Å²) in [6.07, 6.45) is 3.21. The van der Waals surface area contributed by atoms with Crippen LogP contribution in [0.5, 0.6) is 0 Å². The van der Waals surface area contributed by atoms with Gasteiger partial charge in [-0.15, -0.1) is 0 Å². The normalized spacial score (nSPS) is 19.8. The van der Waals surface area contributed by atoms with Crippen molar-refractivity contribution in [1.29, 1.82) is 0 Å². The number of aromatic nitrogens is 2. The molecule has 0 aromatic carbocycles. The summed E-state index contributed by atoms with van der Waals surface area (Å²) in [7, 11) is 0. The van der Waals surface area contributed by atoms with Crippen LogP contribution in [0.2, 0.25) is 0 Å². The van der Waals surface area contributed by atoms with Gasteiger partial charge in [-0.1, -0.05) is 0 Å². The van der Waals surface area contributed by atoms with E-state index in [0.717, 1.165) is 10.3 Å². The number of aliphatic hydroxyl groups is 1. The Morgan fingerprint density at radius 2 is 2.31 bits per heavy atom. The zero-order valence-electron chi connectivity index (χ0n) is 7.24. The first kappa shape index (κ1) is 8.90. The first-order valence-electron chi connectivity index (χ1n) is 4.01. The summed E-state index contributed by atoms with van der Waals surface area (Å²) in [5, 5.41) is 9.54. The molecule has 0 saturated carbocycles. The summed E-state index contributed by atoms with van der Waals surface area (Å²) < 4.78 is 0.866. The third-order valence-electron chi connectivity index (χ3n) is 2.01. The second kappa shape index (κ2) is 2.92. The van der Waals surface area contributed by atoms with Crippen molar-refractivity contribution >= 4 is 21.7 Å². The second-order valence-electron chi connectivity index (χ2n) is 3.55. The number of hydrogen-bond donors (Lipinski definition) is 1. The molecule has 0 bridgehead atoms. The van der Waals surface area contributed by atoms with Gasteiger partial charge in [0.2, 0.25) is 0 Å². The SMILES string of the molecule is CC1(O)CN(c2ncncc2Br)C1. The summed E-state index contributed by atoms with van der Waals surface area (Å²) in [6.45, 7) is 3.07. The molecule has 0 amide bonds. The van der Waals surface area contributed by atoms with E-state index in [-0.39, 0.29) is 0 Å². The quantitative estimate of drug-likeness (QED) is 0.794. The molecule has 4 nitrogen and oxygen atoms in total. The minimum atomic E-state index is -0.565. The molecule has 70 valence electrons. The van der Waals surface area contributed by atoms with Gasteiger partial charge in [0.1, 0.15) is 12.1 Å². The topological polar surface area (TPSA) is 49.2 Å². The van der Waals surface area contributed by atoms with Crippen LogP contribution in [-0.2, 0) is 0 Å². The molecule has 0 aliphatic carbocycles. The van der Waals surface area contributed by atoms with Gasteiger partial charge in [-0.05, 0) is 22.9 Å². The van der Waals surface area contributed by atoms with Crippen molar-refractivity contribution in [3.63, 3.8) is 0 Å². The minimum Gasteiger partial charge on any atom is -0.386 e. The predicted octanol–water partition coefficient (Wildman–Crippen LogP) is 0.810. The molecule has 2 heterocycles. The lowest BCUT2D eigenvalue weighted by Gasteiger charge is -2.45. The van der Waals surface area contributed by atoms with Crippen molar-refractivity contribution < 1.29 is 5.11 Å². The van der Waals surface area contributed by atoms with Crippen LogP contribution in [-0.4, -0.2) is 33.8 Å². The molecule has 1 aromatic heterocycles. The van der Waals surface area contributed by atoms with Gasteiger partial charge in [0.15, 0.2) is 0 Å². The smallest absolute Gasteiger partial charge is 0.146 e. The average molecular weight is 244 g/mol. The highest BCUT2D eigenvalue weighted by Gasteiger charge is 2.37. The van der Waals surface area contributed by atoms with E-state index in [0.29, 0.717) is 13.1 Å². The second-order valence-corrected chi connectivity index (χ2v) is 4.40. The number of rotatable bonds is 1. The molecule has 1 saturated heterocycles. The van der Waals surface area contributed by atoms with Crippen LogP contribution in [0.1, 0.15) is 6.92 Å². The van der Waals surface area contributed by atoms with Crippen LogP contribution in [0.25, 0.3) is 0 Å². The number of hydrogen-bond acceptors (Lipinski definition) is 4. The van der Waals surface area contributed by atoms with Crippen LogP contribution in [0, 0.1) is 0 Å². The Morgan fingerprint density at radius 1 is 1.62 bits per heavy atom. The molecule has 2 rings (SSSR count). The molecule has 0 atom stereocenters. The van der Waals surface area contributed by atoms with Gasteiger partial charge in [-0.2, -0.15) is 0 Å². The summed E-state index contributed by atoms with van der Waals surface area (Å²) in [6, 6.07) is 0. The van der Waals surface area contributed by atoms with Crippen LogP contribution >= 0.6 is 15.9 Å². The maximum atomic E-state index is 9.54. The highest BCUT2D eigenvalue weighted by molar-refractivity contribution is 9.10. The number of β-amino-alcohol motifs (C(OH)–C–C–N with tert-alkyl or cyclic N) is 1. The van der Waals surface area contributed by atoms with Crippen LogP contribution < -0.4 is 4.90 Å². The molecule has 1 fully saturated rings. The van der Waals surface area contributed by atoms with Crippen molar-refractivity contribution in [3.8, 4) is 0 Å². The molecule has 0 spiro atoms. The van der Waals surface area contributed by atoms with Crippen molar-refractivity contribution in [2.45, 2.75) is 12.5 Å². The van der Waals surface area contributed by atoms with Gasteiger partial charge in [0.25, 0.3) is 0 Å². The lowest BCUT2D eigenvalue weighted by molar-refractivity contribution is 0.0304. The van der Waals surface area contributed by atoms with E-state index in [1.165, 1.54) is 6.33 Å². The number of anilines is 1. The minimum absolute atomic E-state index is 0.565. The van der Waals surface area contributed by atoms with Crippen LogP contribution in [0.4, 0.5) is 5.82 Å². The number of nitrogens with zero attached hydrogens (tertiary/aromatic N) is 3. The maximum absolute atomic E-state index is 9.54. The van der Waals surface area contributed by atoms with Gasteiger partial charge in [0.05, 0.1) is 10.1 Å². The summed E-state index contributed by atoms with van der Waals surface area (Å²) in [4.78, 5) is 10.0. The Kier molecular flexibility index (Phi) is 2.00. The molecule has 1 aliphatic heterocycles. The van der Waals surface area contributed by atoms with Crippen molar-refractivity contribution in [1.82, 2.24) is 9.97 Å². The molecule has 5 heteroatoms. The van der Waals surface area contributed by atoms with E-state index in [1.54, 1.807) is 6.20 Å². The molecule has 0 radical (unpaired) electrons. The molecule has 1 aliphatic rings. The van der Waals surface area contributed by atoms with E-state index >= 15 is 0 Å². The molecule has 1 N–H and O–H groups in total.